The fraction of sp³-hybridized carbons (Fsp3) is 0.429. The summed E-state index contributed by atoms with van der Waals surface area (Å²) in [7, 11) is 1.95. The maximum Gasteiger partial charge on any atom is 0.168 e. The Morgan fingerprint density at radius 1 is 1.32 bits per heavy atom. The minimum atomic E-state index is 0.141. The number of rotatable bonds is 6. The average molecular weight is 260 g/mol. The van der Waals surface area contributed by atoms with Gasteiger partial charge >= 0.3 is 0 Å². The highest BCUT2D eigenvalue weighted by atomic mass is 16.5. The molecular formula is C14H20N4O. The van der Waals surface area contributed by atoms with E-state index in [4.69, 9.17) is 4.74 Å². The number of aromatic nitrogens is 3. The van der Waals surface area contributed by atoms with Crippen LogP contribution in [0.5, 0.6) is 5.75 Å². The van der Waals surface area contributed by atoms with Crippen LogP contribution < -0.4 is 10.1 Å². The summed E-state index contributed by atoms with van der Waals surface area (Å²) < 4.78 is 7.59. The van der Waals surface area contributed by atoms with Gasteiger partial charge in [-0.3, -0.25) is 4.68 Å². The third-order valence-electron chi connectivity index (χ3n) is 2.73. The monoisotopic (exact) mass is 260 g/mol. The largest absolute Gasteiger partial charge is 0.487 e. The molecule has 2 rings (SSSR count). The van der Waals surface area contributed by atoms with Gasteiger partial charge in [-0.2, -0.15) is 5.10 Å². The number of pyridine rings is 1. The van der Waals surface area contributed by atoms with Crippen LogP contribution in [-0.2, 0) is 13.5 Å². The summed E-state index contributed by atoms with van der Waals surface area (Å²) in [5.41, 5.74) is 1.19. The number of aryl methyl sites for hydroxylation is 1. The Kier molecular flexibility index (Phi) is 4.39. The van der Waals surface area contributed by atoms with E-state index >= 15 is 0 Å². The maximum absolute atomic E-state index is 5.71. The minimum absolute atomic E-state index is 0.141. The smallest absolute Gasteiger partial charge is 0.168 e. The Morgan fingerprint density at radius 3 is 2.84 bits per heavy atom. The molecule has 5 heteroatoms. The summed E-state index contributed by atoms with van der Waals surface area (Å²) >= 11 is 0. The first-order valence-electron chi connectivity index (χ1n) is 6.49. The number of hydrogen-bond donors (Lipinski definition) is 1. The zero-order valence-corrected chi connectivity index (χ0v) is 11.6. The molecule has 0 saturated carbocycles. The summed E-state index contributed by atoms with van der Waals surface area (Å²) in [6, 6.07) is 5.83. The minimum Gasteiger partial charge on any atom is -0.487 e. The van der Waals surface area contributed by atoms with Gasteiger partial charge in [0.15, 0.2) is 11.6 Å². The zero-order chi connectivity index (χ0) is 13.7. The van der Waals surface area contributed by atoms with E-state index in [-0.39, 0.29) is 6.10 Å². The van der Waals surface area contributed by atoms with E-state index in [1.165, 1.54) is 5.69 Å². The van der Waals surface area contributed by atoms with Gasteiger partial charge in [0.1, 0.15) is 0 Å². The molecule has 0 radical (unpaired) electrons. The van der Waals surface area contributed by atoms with Crippen LogP contribution in [-0.4, -0.2) is 27.4 Å². The van der Waals surface area contributed by atoms with Gasteiger partial charge in [-0.05, 0) is 32.0 Å². The number of nitrogens with zero attached hydrogens (tertiary/aromatic N) is 3. The number of hydrogen-bond acceptors (Lipinski definition) is 4. The van der Waals surface area contributed by atoms with E-state index in [2.05, 4.69) is 15.4 Å². The average Bonchev–Trinajstić information content (AvgIpc) is 2.77. The van der Waals surface area contributed by atoms with Crippen LogP contribution in [0.15, 0.2) is 30.6 Å². The van der Waals surface area contributed by atoms with Crippen molar-refractivity contribution in [2.45, 2.75) is 26.4 Å². The lowest BCUT2D eigenvalue weighted by atomic mass is 10.3. The summed E-state index contributed by atoms with van der Waals surface area (Å²) in [5, 5.41) is 7.45. The van der Waals surface area contributed by atoms with Crippen molar-refractivity contribution in [2.24, 2.45) is 7.05 Å². The molecule has 5 nitrogen and oxygen atoms in total. The van der Waals surface area contributed by atoms with Crippen molar-refractivity contribution in [3.05, 3.63) is 36.3 Å². The molecule has 19 heavy (non-hydrogen) atoms. The van der Waals surface area contributed by atoms with Gasteiger partial charge in [0.05, 0.1) is 6.10 Å². The molecule has 2 heterocycles. The second kappa shape index (κ2) is 6.22. The fourth-order valence-electron chi connectivity index (χ4n) is 1.83. The van der Waals surface area contributed by atoms with Crippen LogP contribution in [0.4, 0.5) is 5.82 Å². The number of nitrogens with one attached hydrogen (secondary N) is 1. The molecule has 0 aliphatic heterocycles. The molecule has 2 aromatic rings. The van der Waals surface area contributed by atoms with E-state index in [1.807, 2.05) is 50.0 Å². The fourth-order valence-corrected chi connectivity index (χ4v) is 1.83. The molecule has 0 atom stereocenters. The van der Waals surface area contributed by atoms with E-state index in [1.54, 1.807) is 6.20 Å². The van der Waals surface area contributed by atoms with Gasteiger partial charge < -0.3 is 10.1 Å². The van der Waals surface area contributed by atoms with Crippen molar-refractivity contribution in [3.8, 4) is 5.75 Å². The third-order valence-corrected chi connectivity index (χ3v) is 2.73. The summed E-state index contributed by atoms with van der Waals surface area (Å²) in [6.07, 6.45) is 4.61. The lowest BCUT2D eigenvalue weighted by Crippen LogP contribution is -2.12. The van der Waals surface area contributed by atoms with E-state index < -0.39 is 0 Å². The molecule has 0 aliphatic rings. The van der Waals surface area contributed by atoms with Crippen LogP contribution in [0.3, 0.4) is 0 Å². The Bertz CT molecular complexity index is 522. The summed E-state index contributed by atoms with van der Waals surface area (Å²) in [5.74, 6) is 1.58. The maximum atomic E-state index is 5.71. The Balaban J connectivity index is 1.94. The Morgan fingerprint density at radius 2 is 2.16 bits per heavy atom. The van der Waals surface area contributed by atoms with Crippen molar-refractivity contribution in [1.82, 2.24) is 14.8 Å². The molecule has 0 aliphatic carbocycles. The van der Waals surface area contributed by atoms with Gasteiger partial charge in [-0.1, -0.05) is 0 Å². The van der Waals surface area contributed by atoms with E-state index in [0.717, 1.165) is 24.5 Å². The lowest BCUT2D eigenvalue weighted by molar-refractivity contribution is 0.243. The van der Waals surface area contributed by atoms with E-state index in [9.17, 15) is 0 Å². The summed E-state index contributed by atoms with van der Waals surface area (Å²) in [4.78, 5) is 4.31. The molecule has 1 N–H and O–H groups in total. The van der Waals surface area contributed by atoms with Crippen LogP contribution in [0, 0.1) is 0 Å². The van der Waals surface area contributed by atoms with Gasteiger partial charge in [-0.25, -0.2) is 4.98 Å². The first-order chi connectivity index (χ1) is 9.16. The van der Waals surface area contributed by atoms with Gasteiger partial charge in [0.2, 0.25) is 0 Å². The van der Waals surface area contributed by atoms with Crippen molar-refractivity contribution >= 4 is 5.82 Å². The van der Waals surface area contributed by atoms with Gasteiger partial charge in [0.25, 0.3) is 0 Å². The highest BCUT2D eigenvalue weighted by Crippen LogP contribution is 2.21. The van der Waals surface area contributed by atoms with Crippen molar-refractivity contribution in [3.63, 3.8) is 0 Å². The molecule has 102 valence electrons. The first kappa shape index (κ1) is 13.4. The number of ether oxygens (including phenoxy) is 1. The first-order valence-corrected chi connectivity index (χ1v) is 6.49. The van der Waals surface area contributed by atoms with Crippen molar-refractivity contribution in [2.75, 3.05) is 11.9 Å². The molecular weight excluding hydrogens is 240 g/mol. The molecule has 0 unspecified atom stereocenters. The quantitative estimate of drug-likeness (QED) is 0.865. The van der Waals surface area contributed by atoms with Crippen molar-refractivity contribution < 1.29 is 4.74 Å². The zero-order valence-electron chi connectivity index (χ0n) is 11.6. The third kappa shape index (κ3) is 3.71. The van der Waals surface area contributed by atoms with Gasteiger partial charge in [0, 0.05) is 38.1 Å². The Hall–Kier alpha value is -2.04. The second-order valence-electron chi connectivity index (χ2n) is 4.64. The van der Waals surface area contributed by atoms with E-state index in [0.29, 0.717) is 0 Å². The van der Waals surface area contributed by atoms with Gasteiger partial charge in [-0.15, -0.1) is 0 Å². The molecule has 2 aromatic heterocycles. The molecule has 0 amide bonds. The Labute approximate surface area is 113 Å². The normalized spacial score (nSPS) is 10.7. The molecule has 0 aromatic carbocycles. The standard InChI is InChI=1S/C14H20N4O/c1-11(2)19-13-5-4-8-15-14(13)16-9-6-12-7-10-17-18(12)3/h4-5,7-8,10-11H,6,9H2,1-3H3,(H,15,16). The molecule has 0 bridgehead atoms. The number of anilines is 1. The predicted octanol–water partition coefficient (Wildman–Crippen LogP) is 2.26. The molecule has 0 saturated heterocycles. The van der Waals surface area contributed by atoms with Crippen LogP contribution in [0.2, 0.25) is 0 Å². The lowest BCUT2D eigenvalue weighted by Gasteiger charge is -2.14. The second-order valence-corrected chi connectivity index (χ2v) is 4.64. The molecule has 0 fully saturated rings. The summed E-state index contributed by atoms with van der Waals surface area (Å²) in [6.45, 7) is 4.81. The highest BCUT2D eigenvalue weighted by molar-refractivity contribution is 5.49. The van der Waals surface area contributed by atoms with Crippen molar-refractivity contribution in [1.29, 1.82) is 0 Å². The highest BCUT2D eigenvalue weighted by Gasteiger charge is 2.06. The molecule has 0 spiro atoms. The van der Waals surface area contributed by atoms with Crippen LogP contribution in [0.25, 0.3) is 0 Å². The predicted molar refractivity (Wildman–Crippen MR) is 75.4 cm³/mol. The topological polar surface area (TPSA) is 52.0 Å². The van der Waals surface area contributed by atoms with Crippen LogP contribution in [0.1, 0.15) is 19.5 Å². The SMILES string of the molecule is CC(C)Oc1cccnc1NCCc1ccnn1C. The van der Waals surface area contributed by atoms with Crippen LogP contribution >= 0.6 is 0 Å².